The average molecular weight is 339 g/mol. The lowest BCUT2D eigenvalue weighted by Crippen LogP contribution is -2.50. The van der Waals surface area contributed by atoms with E-state index < -0.39 is 11.5 Å². The third kappa shape index (κ3) is 3.50. The summed E-state index contributed by atoms with van der Waals surface area (Å²) in [6.07, 6.45) is 1.04. The van der Waals surface area contributed by atoms with Crippen LogP contribution >= 0.6 is 0 Å². The van der Waals surface area contributed by atoms with Gasteiger partial charge in [-0.3, -0.25) is 4.79 Å². The third-order valence-corrected chi connectivity index (χ3v) is 4.45. The van der Waals surface area contributed by atoms with Crippen LogP contribution in [0, 0.1) is 0 Å². The first kappa shape index (κ1) is 17.0. The SMILES string of the molecule is COC(=O)C(C)(NC(=O)Cc1ccc2c(c1)CCO2)c1ccccc1. The van der Waals surface area contributed by atoms with Crippen LogP contribution in [0.3, 0.4) is 0 Å². The van der Waals surface area contributed by atoms with Crippen LogP contribution < -0.4 is 10.1 Å². The largest absolute Gasteiger partial charge is 0.493 e. The number of esters is 1. The van der Waals surface area contributed by atoms with Crippen molar-refractivity contribution in [2.45, 2.75) is 25.3 Å². The fraction of sp³-hybridized carbons (Fsp3) is 0.300. The predicted molar refractivity (Wildman–Crippen MR) is 93.3 cm³/mol. The number of benzene rings is 2. The Kier molecular flexibility index (Phi) is 4.74. The first-order chi connectivity index (χ1) is 12.0. The van der Waals surface area contributed by atoms with E-state index in [1.54, 1.807) is 19.1 Å². The molecule has 1 aliphatic heterocycles. The van der Waals surface area contributed by atoms with Crippen LogP contribution in [0.4, 0.5) is 0 Å². The summed E-state index contributed by atoms with van der Waals surface area (Å²) < 4.78 is 10.4. The fourth-order valence-corrected chi connectivity index (χ4v) is 3.07. The summed E-state index contributed by atoms with van der Waals surface area (Å²) >= 11 is 0. The number of hydrogen-bond acceptors (Lipinski definition) is 4. The fourth-order valence-electron chi connectivity index (χ4n) is 3.07. The zero-order chi connectivity index (χ0) is 17.9. The van der Waals surface area contributed by atoms with Gasteiger partial charge in [-0.25, -0.2) is 4.79 Å². The summed E-state index contributed by atoms with van der Waals surface area (Å²) in [7, 11) is 1.32. The summed E-state index contributed by atoms with van der Waals surface area (Å²) in [5, 5.41) is 2.83. The molecular weight excluding hydrogens is 318 g/mol. The quantitative estimate of drug-likeness (QED) is 0.850. The van der Waals surface area contributed by atoms with Crippen LogP contribution in [-0.4, -0.2) is 25.6 Å². The van der Waals surface area contributed by atoms with Crippen molar-refractivity contribution in [1.82, 2.24) is 5.32 Å². The molecule has 0 aromatic heterocycles. The smallest absolute Gasteiger partial charge is 0.336 e. The normalized spacial score (nSPS) is 14.8. The maximum absolute atomic E-state index is 12.6. The molecule has 2 aromatic rings. The van der Waals surface area contributed by atoms with Gasteiger partial charge >= 0.3 is 5.97 Å². The Labute approximate surface area is 147 Å². The van der Waals surface area contributed by atoms with E-state index in [1.807, 2.05) is 36.4 Å². The second-order valence-corrected chi connectivity index (χ2v) is 6.25. The Morgan fingerprint density at radius 2 is 1.96 bits per heavy atom. The third-order valence-electron chi connectivity index (χ3n) is 4.45. The molecule has 1 N–H and O–H groups in total. The molecule has 0 radical (unpaired) electrons. The number of hydrogen-bond donors (Lipinski definition) is 1. The number of fused-ring (bicyclic) bond motifs is 1. The molecule has 25 heavy (non-hydrogen) atoms. The molecule has 1 heterocycles. The highest BCUT2D eigenvalue weighted by Crippen LogP contribution is 2.26. The van der Waals surface area contributed by atoms with Gasteiger partial charge in [0.1, 0.15) is 5.75 Å². The summed E-state index contributed by atoms with van der Waals surface area (Å²) in [4.78, 5) is 24.9. The van der Waals surface area contributed by atoms with Crippen LogP contribution in [-0.2, 0) is 32.7 Å². The van der Waals surface area contributed by atoms with E-state index in [2.05, 4.69) is 5.32 Å². The number of ether oxygens (including phenoxy) is 2. The summed E-state index contributed by atoms with van der Waals surface area (Å²) in [5.74, 6) is 0.137. The molecule has 0 fully saturated rings. The first-order valence-corrected chi connectivity index (χ1v) is 8.22. The number of nitrogens with one attached hydrogen (secondary N) is 1. The van der Waals surface area contributed by atoms with E-state index in [0.717, 1.165) is 23.3 Å². The zero-order valence-electron chi connectivity index (χ0n) is 14.4. The maximum atomic E-state index is 12.6. The van der Waals surface area contributed by atoms with E-state index in [4.69, 9.17) is 9.47 Å². The number of carbonyl (C=O) groups excluding carboxylic acids is 2. The Hall–Kier alpha value is -2.82. The molecule has 1 aliphatic rings. The maximum Gasteiger partial charge on any atom is 0.336 e. The molecule has 0 aliphatic carbocycles. The number of rotatable bonds is 5. The van der Waals surface area contributed by atoms with Crippen molar-refractivity contribution in [1.29, 1.82) is 0 Å². The lowest BCUT2D eigenvalue weighted by atomic mass is 9.91. The minimum Gasteiger partial charge on any atom is -0.493 e. The van der Waals surface area contributed by atoms with Crippen LogP contribution in [0.5, 0.6) is 5.75 Å². The van der Waals surface area contributed by atoms with Crippen molar-refractivity contribution in [3.63, 3.8) is 0 Å². The van der Waals surface area contributed by atoms with E-state index in [-0.39, 0.29) is 12.3 Å². The van der Waals surface area contributed by atoms with Gasteiger partial charge in [-0.15, -0.1) is 0 Å². The van der Waals surface area contributed by atoms with E-state index in [9.17, 15) is 9.59 Å². The average Bonchev–Trinajstić information content (AvgIpc) is 3.09. The van der Waals surface area contributed by atoms with Crippen molar-refractivity contribution >= 4 is 11.9 Å². The van der Waals surface area contributed by atoms with Gasteiger partial charge in [0.05, 0.1) is 20.1 Å². The second-order valence-electron chi connectivity index (χ2n) is 6.25. The van der Waals surface area contributed by atoms with Gasteiger partial charge in [0, 0.05) is 6.42 Å². The summed E-state index contributed by atoms with van der Waals surface area (Å²) in [6.45, 7) is 2.34. The van der Waals surface area contributed by atoms with Crippen molar-refractivity contribution in [2.24, 2.45) is 0 Å². The molecule has 5 nitrogen and oxygen atoms in total. The molecule has 2 aromatic carbocycles. The van der Waals surface area contributed by atoms with Gasteiger partial charge < -0.3 is 14.8 Å². The highest BCUT2D eigenvalue weighted by Gasteiger charge is 2.37. The monoisotopic (exact) mass is 339 g/mol. The molecule has 130 valence electrons. The predicted octanol–water partition coefficient (Wildman–Crippen LogP) is 2.37. The van der Waals surface area contributed by atoms with Crippen LogP contribution in [0.1, 0.15) is 23.6 Å². The van der Waals surface area contributed by atoms with Crippen molar-refractivity contribution < 1.29 is 19.1 Å². The van der Waals surface area contributed by atoms with Crippen LogP contribution in [0.15, 0.2) is 48.5 Å². The number of methoxy groups -OCH3 is 1. The van der Waals surface area contributed by atoms with Gasteiger partial charge in [0.25, 0.3) is 0 Å². The van der Waals surface area contributed by atoms with Gasteiger partial charge in [-0.1, -0.05) is 42.5 Å². The Morgan fingerprint density at radius 1 is 1.20 bits per heavy atom. The summed E-state index contributed by atoms with van der Waals surface area (Å²) in [5.41, 5.74) is 1.45. The van der Waals surface area contributed by atoms with Crippen LogP contribution in [0.25, 0.3) is 0 Å². The number of carbonyl (C=O) groups is 2. The van der Waals surface area contributed by atoms with Gasteiger partial charge in [0.2, 0.25) is 5.91 Å². The van der Waals surface area contributed by atoms with Crippen molar-refractivity contribution in [3.05, 3.63) is 65.2 Å². The lowest BCUT2D eigenvalue weighted by molar-refractivity contribution is -0.150. The van der Waals surface area contributed by atoms with E-state index in [1.165, 1.54) is 7.11 Å². The molecule has 1 atom stereocenters. The molecular formula is C20H21NO4. The number of amides is 1. The topological polar surface area (TPSA) is 64.6 Å². The molecule has 0 bridgehead atoms. The molecule has 3 rings (SSSR count). The molecule has 0 saturated heterocycles. The Morgan fingerprint density at radius 3 is 2.68 bits per heavy atom. The highest BCUT2D eigenvalue weighted by atomic mass is 16.5. The Balaban J connectivity index is 1.78. The van der Waals surface area contributed by atoms with Gasteiger partial charge in [-0.2, -0.15) is 0 Å². The van der Waals surface area contributed by atoms with Gasteiger partial charge in [-0.05, 0) is 29.7 Å². The summed E-state index contributed by atoms with van der Waals surface area (Å²) in [6, 6.07) is 14.8. The first-order valence-electron chi connectivity index (χ1n) is 8.22. The Bertz CT molecular complexity index is 788. The molecule has 5 heteroatoms. The zero-order valence-corrected chi connectivity index (χ0v) is 14.4. The van der Waals surface area contributed by atoms with Crippen molar-refractivity contribution in [2.75, 3.05) is 13.7 Å². The van der Waals surface area contributed by atoms with Gasteiger partial charge in [0.15, 0.2) is 5.54 Å². The molecule has 0 saturated carbocycles. The second kappa shape index (κ2) is 6.97. The van der Waals surface area contributed by atoms with E-state index in [0.29, 0.717) is 12.2 Å². The lowest BCUT2D eigenvalue weighted by Gasteiger charge is -2.28. The van der Waals surface area contributed by atoms with Crippen molar-refractivity contribution in [3.8, 4) is 5.75 Å². The molecule has 1 unspecified atom stereocenters. The highest BCUT2D eigenvalue weighted by molar-refractivity contribution is 5.89. The molecule has 1 amide bonds. The minimum absolute atomic E-state index is 0.187. The molecule has 0 spiro atoms. The standard InChI is InChI=1S/C20H21NO4/c1-20(19(23)24-2,16-6-4-3-5-7-16)21-18(22)13-14-8-9-17-15(12-14)10-11-25-17/h3-9,12H,10-11,13H2,1-2H3,(H,21,22). The minimum atomic E-state index is -1.23. The van der Waals surface area contributed by atoms with Crippen LogP contribution in [0.2, 0.25) is 0 Å². The van der Waals surface area contributed by atoms with E-state index >= 15 is 0 Å².